The van der Waals surface area contributed by atoms with Crippen molar-refractivity contribution in [2.75, 3.05) is 33.5 Å². The van der Waals surface area contributed by atoms with Crippen LogP contribution in [0.3, 0.4) is 0 Å². The highest BCUT2D eigenvalue weighted by atomic mass is 19.1. The Balaban J connectivity index is 2.68. The van der Waals surface area contributed by atoms with Gasteiger partial charge < -0.3 is 18.9 Å². The topological polar surface area (TPSA) is 54.0 Å². The lowest BCUT2D eigenvalue weighted by molar-refractivity contribution is -0.129. The van der Waals surface area contributed by atoms with E-state index < -0.39 is 0 Å². The smallest absolute Gasteiger partial charge is 0.293 e. The summed E-state index contributed by atoms with van der Waals surface area (Å²) in [6, 6.07) is 2.80. The van der Waals surface area contributed by atoms with Crippen LogP contribution in [-0.2, 0) is 14.3 Å². The molecule has 0 aliphatic heterocycles. The van der Waals surface area contributed by atoms with Gasteiger partial charge in [-0.3, -0.25) is 4.79 Å². The van der Waals surface area contributed by atoms with Crippen LogP contribution in [0.2, 0.25) is 0 Å². The van der Waals surface area contributed by atoms with Gasteiger partial charge in [-0.25, -0.2) is 4.39 Å². The molecule has 1 rings (SSSR count). The van der Waals surface area contributed by atoms with Crippen molar-refractivity contribution < 1.29 is 28.1 Å². The average molecular weight is 272 g/mol. The summed E-state index contributed by atoms with van der Waals surface area (Å²) in [5.41, 5.74) is 0.462. The van der Waals surface area contributed by atoms with Crippen molar-refractivity contribution in [1.82, 2.24) is 0 Å². The first kappa shape index (κ1) is 15.2. The molecule has 106 valence electrons. The largest absolute Gasteiger partial charge is 0.487 e. The van der Waals surface area contributed by atoms with E-state index in [1.807, 2.05) is 0 Å². The maximum absolute atomic E-state index is 13.5. The number of hydrogen-bond acceptors (Lipinski definition) is 5. The monoisotopic (exact) mass is 272 g/mol. The molecule has 0 aliphatic carbocycles. The van der Waals surface area contributed by atoms with Crippen molar-refractivity contribution in [3.05, 3.63) is 23.5 Å². The van der Waals surface area contributed by atoms with E-state index in [0.717, 1.165) is 0 Å². The second-order valence-electron chi connectivity index (χ2n) is 3.70. The molecule has 1 aromatic carbocycles. The lowest BCUT2D eigenvalue weighted by Crippen LogP contribution is -2.09. The Morgan fingerprint density at radius 2 is 1.74 bits per heavy atom. The van der Waals surface area contributed by atoms with Crippen molar-refractivity contribution >= 4 is 6.47 Å². The molecule has 0 heterocycles. The number of benzene rings is 1. The number of methoxy groups -OCH3 is 1. The van der Waals surface area contributed by atoms with Gasteiger partial charge in [-0.05, 0) is 18.6 Å². The number of hydrogen-bond donors (Lipinski definition) is 0. The molecular weight excluding hydrogens is 255 g/mol. The summed E-state index contributed by atoms with van der Waals surface area (Å²) in [4.78, 5) is 9.98. The highest BCUT2D eigenvalue weighted by Gasteiger charge is 2.10. The van der Waals surface area contributed by atoms with E-state index >= 15 is 0 Å². The number of carbonyl (C=O) groups excluding carboxylic acids is 1. The molecule has 0 fully saturated rings. The summed E-state index contributed by atoms with van der Waals surface area (Å²) in [6.07, 6.45) is 0. The van der Waals surface area contributed by atoms with Gasteiger partial charge in [0.15, 0.2) is 11.5 Å². The SMILES string of the molecule is COCCOc1cc(C)c(F)cc1OCCOC=O. The maximum atomic E-state index is 13.5. The van der Waals surface area contributed by atoms with Crippen LogP contribution in [0.1, 0.15) is 5.56 Å². The predicted molar refractivity (Wildman–Crippen MR) is 66.0 cm³/mol. The summed E-state index contributed by atoms with van der Waals surface area (Å²) in [5.74, 6) is 0.321. The van der Waals surface area contributed by atoms with Gasteiger partial charge in [0.25, 0.3) is 6.47 Å². The van der Waals surface area contributed by atoms with Crippen molar-refractivity contribution in [2.24, 2.45) is 0 Å². The van der Waals surface area contributed by atoms with Gasteiger partial charge in [0.05, 0.1) is 6.61 Å². The van der Waals surface area contributed by atoms with E-state index in [2.05, 4.69) is 4.74 Å². The first-order valence-corrected chi connectivity index (χ1v) is 5.79. The van der Waals surface area contributed by atoms with Gasteiger partial charge in [-0.15, -0.1) is 0 Å². The van der Waals surface area contributed by atoms with Crippen LogP contribution in [-0.4, -0.2) is 40.0 Å². The lowest BCUT2D eigenvalue weighted by Gasteiger charge is -2.13. The third kappa shape index (κ3) is 5.13. The second kappa shape index (κ2) is 8.31. The van der Waals surface area contributed by atoms with Gasteiger partial charge >= 0.3 is 0 Å². The minimum absolute atomic E-state index is 0.0938. The Kier molecular flexibility index (Phi) is 6.67. The molecule has 0 atom stereocenters. The molecule has 0 spiro atoms. The molecule has 0 unspecified atom stereocenters. The van der Waals surface area contributed by atoms with Crippen LogP contribution in [0, 0.1) is 12.7 Å². The normalized spacial score (nSPS) is 10.1. The van der Waals surface area contributed by atoms with Crippen LogP contribution in [0.4, 0.5) is 4.39 Å². The fraction of sp³-hybridized carbons (Fsp3) is 0.462. The van der Waals surface area contributed by atoms with E-state index in [0.29, 0.717) is 31.0 Å². The zero-order valence-corrected chi connectivity index (χ0v) is 11.0. The van der Waals surface area contributed by atoms with Crippen LogP contribution < -0.4 is 9.47 Å². The van der Waals surface area contributed by atoms with Crippen molar-refractivity contribution in [1.29, 1.82) is 0 Å². The molecule has 0 bridgehead atoms. The number of rotatable bonds is 9. The van der Waals surface area contributed by atoms with E-state index in [1.165, 1.54) is 6.07 Å². The molecule has 0 aliphatic rings. The summed E-state index contributed by atoms with van der Waals surface area (Å²) < 4.78 is 33.6. The highest BCUT2D eigenvalue weighted by molar-refractivity contribution is 5.43. The van der Waals surface area contributed by atoms with Crippen LogP contribution in [0.15, 0.2) is 12.1 Å². The lowest BCUT2D eigenvalue weighted by atomic mass is 10.2. The molecule has 0 radical (unpaired) electrons. The van der Waals surface area contributed by atoms with Gasteiger partial charge in [-0.2, -0.15) is 0 Å². The van der Waals surface area contributed by atoms with E-state index in [9.17, 15) is 9.18 Å². The number of carbonyl (C=O) groups is 1. The standard InChI is InChI=1S/C13H17FO5/c1-10-7-12(18-5-3-16-2)13(8-11(10)14)19-6-4-17-9-15/h7-9H,3-6H2,1-2H3. The molecule has 0 saturated carbocycles. The molecule has 19 heavy (non-hydrogen) atoms. The highest BCUT2D eigenvalue weighted by Crippen LogP contribution is 2.30. The Hall–Kier alpha value is -1.82. The molecular formula is C13H17FO5. The Labute approximate surface area is 111 Å². The van der Waals surface area contributed by atoms with E-state index in [4.69, 9.17) is 14.2 Å². The van der Waals surface area contributed by atoms with Gasteiger partial charge in [0, 0.05) is 13.2 Å². The van der Waals surface area contributed by atoms with Crippen molar-refractivity contribution in [3.63, 3.8) is 0 Å². The van der Waals surface area contributed by atoms with Gasteiger partial charge in [0.2, 0.25) is 0 Å². The van der Waals surface area contributed by atoms with E-state index in [1.54, 1.807) is 20.1 Å². The summed E-state index contributed by atoms with van der Waals surface area (Å²) in [6.45, 7) is 2.94. The minimum Gasteiger partial charge on any atom is -0.487 e. The molecule has 5 nitrogen and oxygen atoms in total. The maximum Gasteiger partial charge on any atom is 0.293 e. The molecule has 0 N–H and O–H groups in total. The second-order valence-corrected chi connectivity index (χ2v) is 3.70. The summed E-state index contributed by atoms with van der Waals surface area (Å²) in [5, 5.41) is 0. The van der Waals surface area contributed by atoms with Crippen LogP contribution >= 0.6 is 0 Å². The van der Waals surface area contributed by atoms with Crippen LogP contribution in [0.5, 0.6) is 11.5 Å². The van der Waals surface area contributed by atoms with Gasteiger partial charge in [-0.1, -0.05) is 0 Å². The number of halogens is 1. The van der Waals surface area contributed by atoms with E-state index in [-0.39, 0.29) is 24.8 Å². The number of aryl methyl sites for hydroxylation is 1. The number of ether oxygens (including phenoxy) is 4. The molecule has 0 amide bonds. The third-order valence-electron chi connectivity index (χ3n) is 2.30. The fourth-order valence-electron chi connectivity index (χ4n) is 1.35. The first-order valence-electron chi connectivity index (χ1n) is 5.79. The third-order valence-corrected chi connectivity index (χ3v) is 2.30. The summed E-state index contributed by atoms with van der Waals surface area (Å²) >= 11 is 0. The molecule has 1 aromatic rings. The van der Waals surface area contributed by atoms with Crippen LogP contribution in [0.25, 0.3) is 0 Å². The molecule has 0 saturated heterocycles. The minimum atomic E-state index is -0.384. The van der Waals surface area contributed by atoms with Crippen molar-refractivity contribution in [2.45, 2.75) is 6.92 Å². The van der Waals surface area contributed by atoms with Crippen molar-refractivity contribution in [3.8, 4) is 11.5 Å². The predicted octanol–water partition coefficient (Wildman–Crippen LogP) is 1.71. The zero-order chi connectivity index (χ0) is 14.1. The summed E-state index contributed by atoms with van der Waals surface area (Å²) in [7, 11) is 1.56. The zero-order valence-electron chi connectivity index (χ0n) is 11.0. The molecule has 0 aromatic heterocycles. The quantitative estimate of drug-likeness (QED) is 0.506. The Bertz CT molecular complexity index is 408. The first-order chi connectivity index (χ1) is 9.19. The van der Waals surface area contributed by atoms with Gasteiger partial charge in [0.1, 0.15) is 25.6 Å². The Morgan fingerprint density at radius 1 is 1.11 bits per heavy atom. The Morgan fingerprint density at radius 3 is 2.37 bits per heavy atom. The molecule has 6 heteroatoms. The fourth-order valence-corrected chi connectivity index (χ4v) is 1.35. The average Bonchev–Trinajstić information content (AvgIpc) is 2.40.